The van der Waals surface area contributed by atoms with Crippen molar-refractivity contribution in [3.63, 3.8) is 0 Å². The van der Waals surface area contributed by atoms with E-state index in [2.05, 4.69) is 246 Å². The van der Waals surface area contributed by atoms with Crippen LogP contribution in [0.25, 0.3) is 111 Å². The molecule has 0 saturated heterocycles. The molecule has 0 atom stereocenters. The topological polar surface area (TPSA) is 48.5 Å². The van der Waals surface area contributed by atoms with Crippen molar-refractivity contribution in [1.29, 1.82) is 0 Å². The molecular formula is C64H39N5. The Hall–Kier alpha value is -9.19. The number of aromatic nitrogens is 5. The van der Waals surface area contributed by atoms with Crippen molar-refractivity contribution < 1.29 is 0 Å². The number of fused-ring (bicyclic) bond motifs is 16. The molecule has 1 spiro atoms. The Morgan fingerprint density at radius 2 is 0.623 bits per heavy atom. The Balaban J connectivity index is 0.980. The van der Waals surface area contributed by atoms with Gasteiger partial charge in [0, 0.05) is 49.6 Å². The van der Waals surface area contributed by atoms with Crippen LogP contribution >= 0.6 is 0 Å². The molecule has 69 heavy (non-hydrogen) atoms. The first-order chi connectivity index (χ1) is 34.2. The van der Waals surface area contributed by atoms with Crippen molar-refractivity contribution in [3.8, 4) is 67.8 Å². The minimum absolute atomic E-state index is 0.499. The molecule has 13 aromatic rings. The lowest BCUT2D eigenvalue weighted by molar-refractivity contribution is 0.794. The molecule has 0 unspecified atom stereocenters. The maximum absolute atomic E-state index is 5.52. The van der Waals surface area contributed by atoms with Gasteiger partial charge in [-0.15, -0.1) is 0 Å². The van der Waals surface area contributed by atoms with Crippen LogP contribution in [0.2, 0.25) is 0 Å². The van der Waals surface area contributed by atoms with Crippen LogP contribution in [0.1, 0.15) is 22.3 Å². The first-order valence-electron chi connectivity index (χ1n) is 23.6. The lowest BCUT2D eigenvalue weighted by atomic mass is 9.70. The molecule has 0 N–H and O–H groups in total. The number of nitrogens with zero attached hydrogens (tertiary/aromatic N) is 5. The highest BCUT2D eigenvalue weighted by atomic mass is 15.0. The van der Waals surface area contributed by atoms with E-state index in [1.165, 1.54) is 60.5 Å². The molecule has 5 nitrogen and oxygen atoms in total. The summed E-state index contributed by atoms with van der Waals surface area (Å²) in [6, 6.07) is 85.4. The summed E-state index contributed by atoms with van der Waals surface area (Å²) in [6.45, 7) is 0. The summed E-state index contributed by atoms with van der Waals surface area (Å²) in [5.74, 6) is 1.84. The number of benzene rings is 10. The van der Waals surface area contributed by atoms with Crippen molar-refractivity contribution >= 4 is 43.6 Å². The molecule has 0 bridgehead atoms. The molecule has 0 fully saturated rings. The van der Waals surface area contributed by atoms with Crippen molar-refractivity contribution in [2.45, 2.75) is 5.41 Å². The van der Waals surface area contributed by atoms with Crippen LogP contribution in [0.5, 0.6) is 0 Å². The fourth-order valence-electron chi connectivity index (χ4n) is 12.1. The highest BCUT2D eigenvalue weighted by Gasteiger charge is 2.52. The zero-order chi connectivity index (χ0) is 45.2. The van der Waals surface area contributed by atoms with Crippen LogP contribution < -0.4 is 0 Å². The molecule has 2 aliphatic carbocycles. The molecule has 320 valence electrons. The van der Waals surface area contributed by atoms with E-state index in [1.807, 2.05) is 0 Å². The maximum atomic E-state index is 5.52. The van der Waals surface area contributed by atoms with E-state index in [1.54, 1.807) is 0 Å². The zero-order valence-electron chi connectivity index (χ0n) is 37.3. The van der Waals surface area contributed by atoms with Crippen LogP contribution in [0.3, 0.4) is 0 Å². The lowest BCUT2D eigenvalue weighted by Crippen LogP contribution is -2.25. The van der Waals surface area contributed by atoms with E-state index in [4.69, 9.17) is 15.0 Å². The number of hydrogen-bond donors (Lipinski definition) is 0. The van der Waals surface area contributed by atoms with Gasteiger partial charge < -0.3 is 9.13 Å². The standard InChI is InChI=1S/C64H39N5/c1-8-30-52-44(22-1)45-23-2-9-31-53(45)64(52)54-32-10-3-28-50(54)60-51(29-17-33-55(60)64)63-66-61(40-18-15-20-42(38-40)68-56-34-11-4-24-46(56)47-25-5-12-35-57(47)68)65-62(67-63)41-19-16-21-43(39-41)69-58-36-13-6-26-48(58)49-27-7-14-37-59(49)69/h1-39H. The van der Waals surface area contributed by atoms with Crippen LogP contribution in [0.15, 0.2) is 237 Å². The zero-order valence-corrected chi connectivity index (χ0v) is 37.3. The quantitative estimate of drug-likeness (QED) is 0.173. The van der Waals surface area contributed by atoms with E-state index in [-0.39, 0.29) is 0 Å². The average Bonchev–Trinajstić information content (AvgIpc) is 4.13. The minimum atomic E-state index is -0.499. The van der Waals surface area contributed by atoms with Crippen molar-refractivity contribution in [2.24, 2.45) is 0 Å². The summed E-state index contributed by atoms with van der Waals surface area (Å²) in [5.41, 5.74) is 19.0. The Kier molecular flexibility index (Phi) is 7.93. The third kappa shape index (κ3) is 5.27. The Labute approximate surface area is 397 Å². The molecule has 15 rings (SSSR count). The summed E-state index contributed by atoms with van der Waals surface area (Å²) in [6.07, 6.45) is 0. The molecule has 5 heteroatoms. The molecule has 0 saturated carbocycles. The fraction of sp³-hybridized carbons (Fsp3) is 0.0156. The second-order valence-electron chi connectivity index (χ2n) is 18.3. The third-order valence-electron chi connectivity index (χ3n) is 14.8. The van der Waals surface area contributed by atoms with E-state index in [0.717, 1.165) is 55.7 Å². The van der Waals surface area contributed by atoms with E-state index >= 15 is 0 Å². The van der Waals surface area contributed by atoms with Crippen molar-refractivity contribution in [3.05, 3.63) is 259 Å². The largest absolute Gasteiger partial charge is 0.309 e. The van der Waals surface area contributed by atoms with Gasteiger partial charge in [-0.05, 0) is 93.0 Å². The Morgan fingerprint density at radius 1 is 0.275 bits per heavy atom. The third-order valence-corrected chi connectivity index (χ3v) is 14.8. The molecule has 3 aromatic heterocycles. The first kappa shape index (κ1) is 38.0. The average molecular weight is 878 g/mol. The van der Waals surface area contributed by atoms with Gasteiger partial charge in [0.25, 0.3) is 0 Å². The van der Waals surface area contributed by atoms with E-state index in [9.17, 15) is 0 Å². The van der Waals surface area contributed by atoms with Gasteiger partial charge in [-0.1, -0.05) is 188 Å². The van der Waals surface area contributed by atoms with Gasteiger partial charge >= 0.3 is 0 Å². The van der Waals surface area contributed by atoms with Gasteiger partial charge in [0.2, 0.25) is 0 Å². The van der Waals surface area contributed by atoms with Crippen LogP contribution in [-0.2, 0) is 5.41 Å². The first-order valence-corrected chi connectivity index (χ1v) is 23.6. The normalized spacial score (nSPS) is 13.0. The molecule has 3 heterocycles. The minimum Gasteiger partial charge on any atom is -0.309 e. The van der Waals surface area contributed by atoms with Gasteiger partial charge in [0.15, 0.2) is 17.5 Å². The Bertz CT molecular complexity index is 3960. The summed E-state index contributed by atoms with van der Waals surface area (Å²) in [7, 11) is 0. The van der Waals surface area contributed by atoms with Crippen LogP contribution in [-0.4, -0.2) is 24.1 Å². The SMILES string of the molecule is c1cc(-c2nc(-c3cccc(-n4c5ccccc5c5ccccc54)c3)nc(-c3cccc4c3-c3ccccc3C43c4ccccc4-c4ccccc43)n2)cc(-n2c3ccccc3c3ccccc32)c1. The fourth-order valence-corrected chi connectivity index (χ4v) is 12.1. The van der Waals surface area contributed by atoms with E-state index in [0.29, 0.717) is 17.5 Å². The smallest absolute Gasteiger partial charge is 0.164 e. The second-order valence-corrected chi connectivity index (χ2v) is 18.3. The lowest BCUT2D eigenvalue weighted by Gasteiger charge is -2.30. The Morgan fingerprint density at radius 3 is 1.10 bits per heavy atom. The molecular weight excluding hydrogens is 839 g/mol. The van der Waals surface area contributed by atoms with Crippen LogP contribution in [0.4, 0.5) is 0 Å². The van der Waals surface area contributed by atoms with Crippen LogP contribution in [0, 0.1) is 0 Å². The molecule has 2 aliphatic rings. The number of para-hydroxylation sites is 4. The predicted molar refractivity (Wildman–Crippen MR) is 281 cm³/mol. The monoisotopic (exact) mass is 877 g/mol. The maximum Gasteiger partial charge on any atom is 0.164 e. The van der Waals surface area contributed by atoms with Gasteiger partial charge in [0.1, 0.15) is 0 Å². The summed E-state index contributed by atoms with van der Waals surface area (Å²) >= 11 is 0. The number of rotatable bonds is 5. The van der Waals surface area contributed by atoms with Gasteiger partial charge in [-0.25, -0.2) is 15.0 Å². The summed E-state index contributed by atoms with van der Waals surface area (Å²) in [4.78, 5) is 16.5. The summed E-state index contributed by atoms with van der Waals surface area (Å²) < 4.78 is 4.70. The predicted octanol–water partition coefficient (Wildman–Crippen LogP) is 15.4. The molecule has 0 radical (unpaired) electrons. The summed E-state index contributed by atoms with van der Waals surface area (Å²) in [5, 5.41) is 4.87. The van der Waals surface area contributed by atoms with Gasteiger partial charge in [-0.2, -0.15) is 0 Å². The molecule has 10 aromatic carbocycles. The van der Waals surface area contributed by atoms with Gasteiger partial charge in [0.05, 0.1) is 27.5 Å². The second kappa shape index (κ2) is 14.4. The van der Waals surface area contributed by atoms with Crippen molar-refractivity contribution in [1.82, 2.24) is 24.1 Å². The highest BCUT2D eigenvalue weighted by molar-refractivity contribution is 6.10. The van der Waals surface area contributed by atoms with Crippen molar-refractivity contribution in [2.75, 3.05) is 0 Å². The van der Waals surface area contributed by atoms with Gasteiger partial charge in [-0.3, -0.25) is 0 Å². The highest BCUT2D eigenvalue weighted by Crippen LogP contribution is 2.63. The molecule has 0 amide bonds. The number of hydrogen-bond acceptors (Lipinski definition) is 3. The molecule has 0 aliphatic heterocycles. The van der Waals surface area contributed by atoms with E-state index < -0.39 is 5.41 Å².